The number of carboxylic acids is 1. The second-order valence-electron chi connectivity index (χ2n) is 4.00. The van der Waals surface area contributed by atoms with Crippen LogP contribution in [0.3, 0.4) is 0 Å². The molecule has 88 valence electrons. The van der Waals surface area contributed by atoms with Gasteiger partial charge in [0.15, 0.2) is 5.89 Å². The van der Waals surface area contributed by atoms with Crippen LogP contribution in [0.2, 0.25) is 0 Å². The lowest BCUT2D eigenvalue weighted by atomic mass is 10.1. The van der Waals surface area contributed by atoms with Gasteiger partial charge < -0.3 is 14.3 Å². The van der Waals surface area contributed by atoms with E-state index < -0.39 is 5.97 Å². The number of carbonyl (C=O) groups is 1. The molecule has 1 N–H and O–H groups in total. The summed E-state index contributed by atoms with van der Waals surface area (Å²) < 4.78 is 10.6. The third-order valence-corrected chi connectivity index (χ3v) is 2.74. The molecule has 0 amide bonds. The van der Waals surface area contributed by atoms with Crippen molar-refractivity contribution in [2.24, 2.45) is 0 Å². The van der Waals surface area contributed by atoms with Crippen molar-refractivity contribution in [3.05, 3.63) is 17.3 Å². The summed E-state index contributed by atoms with van der Waals surface area (Å²) in [6.45, 7) is 2.47. The maximum absolute atomic E-state index is 10.7. The van der Waals surface area contributed by atoms with Crippen LogP contribution >= 0.6 is 0 Å². The third kappa shape index (κ3) is 2.41. The van der Waals surface area contributed by atoms with Crippen molar-refractivity contribution >= 4 is 5.97 Å². The summed E-state index contributed by atoms with van der Waals surface area (Å²) in [4.78, 5) is 14.8. The number of aromatic nitrogens is 1. The van der Waals surface area contributed by atoms with Crippen molar-refractivity contribution in [1.29, 1.82) is 0 Å². The van der Waals surface area contributed by atoms with E-state index in [9.17, 15) is 4.79 Å². The molecular weight excluding hydrogens is 210 g/mol. The minimum atomic E-state index is -1.06. The molecule has 1 aliphatic heterocycles. The van der Waals surface area contributed by atoms with Gasteiger partial charge in [-0.15, -0.1) is 0 Å². The summed E-state index contributed by atoms with van der Waals surface area (Å²) in [6.07, 6.45) is 3.94. The second-order valence-corrected chi connectivity index (χ2v) is 4.00. The molecule has 1 unspecified atom stereocenters. The van der Waals surface area contributed by atoms with E-state index in [0.29, 0.717) is 18.0 Å². The van der Waals surface area contributed by atoms with Crippen LogP contribution in [0, 0.1) is 6.92 Å². The fraction of sp³-hybridized carbons (Fsp3) is 0.636. The number of hydrogen-bond acceptors (Lipinski definition) is 4. The van der Waals surface area contributed by atoms with E-state index in [1.165, 1.54) is 0 Å². The normalized spacial score (nSPS) is 20.2. The number of hydrogen-bond donors (Lipinski definition) is 1. The number of aromatic carboxylic acids is 1. The quantitative estimate of drug-likeness (QED) is 0.845. The highest BCUT2D eigenvalue weighted by Gasteiger charge is 2.19. The maximum Gasteiger partial charge on any atom is 0.373 e. The van der Waals surface area contributed by atoms with E-state index in [1.807, 2.05) is 0 Å². The van der Waals surface area contributed by atoms with Crippen LogP contribution in [-0.2, 0) is 11.2 Å². The molecular formula is C11H15NO4. The first-order valence-corrected chi connectivity index (χ1v) is 5.48. The van der Waals surface area contributed by atoms with Gasteiger partial charge in [-0.25, -0.2) is 9.78 Å². The lowest BCUT2D eigenvalue weighted by Gasteiger charge is -2.05. The Kier molecular flexibility index (Phi) is 3.24. The van der Waals surface area contributed by atoms with E-state index in [4.69, 9.17) is 14.3 Å². The van der Waals surface area contributed by atoms with Gasteiger partial charge in [0.25, 0.3) is 0 Å². The molecule has 1 aliphatic rings. The molecule has 1 aromatic rings. The topological polar surface area (TPSA) is 72.6 Å². The Balaban J connectivity index is 1.94. The van der Waals surface area contributed by atoms with Crippen LogP contribution in [0.15, 0.2) is 4.42 Å². The fourth-order valence-electron chi connectivity index (χ4n) is 1.91. The van der Waals surface area contributed by atoms with Gasteiger partial charge in [0.1, 0.15) is 0 Å². The molecule has 1 fully saturated rings. The predicted molar refractivity (Wildman–Crippen MR) is 55.5 cm³/mol. The molecule has 16 heavy (non-hydrogen) atoms. The zero-order valence-corrected chi connectivity index (χ0v) is 9.23. The first-order valence-electron chi connectivity index (χ1n) is 5.48. The molecule has 0 bridgehead atoms. The zero-order chi connectivity index (χ0) is 11.5. The highest BCUT2D eigenvalue weighted by molar-refractivity contribution is 5.85. The number of aryl methyl sites for hydroxylation is 2. The summed E-state index contributed by atoms with van der Waals surface area (Å²) in [7, 11) is 0. The summed E-state index contributed by atoms with van der Waals surface area (Å²) in [5, 5.41) is 8.80. The van der Waals surface area contributed by atoms with Crippen molar-refractivity contribution in [1.82, 2.24) is 4.98 Å². The highest BCUT2D eigenvalue weighted by atomic mass is 16.5. The van der Waals surface area contributed by atoms with E-state index >= 15 is 0 Å². The number of ether oxygens (including phenoxy) is 1. The average molecular weight is 225 g/mol. The van der Waals surface area contributed by atoms with Crippen LogP contribution < -0.4 is 0 Å². The minimum Gasteiger partial charge on any atom is -0.475 e. The maximum atomic E-state index is 10.7. The third-order valence-electron chi connectivity index (χ3n) is 2.74. The molecule has 0 aromatic carbocycles. The minimum absolute atomic E-state index is 0.0534. The van der Waals surface area contributed by atoms with Gasteiger partial charge in [0.2, 0.25) is 5.76 Å². The number of nitrogens with zero attached hydrogens (tertiary/aromatic N) is 1. The summed E-state index contributed by atoms with van der Waals surface area (Å²) in [6, 6.07) is 0. The number of rotatable bonds is 4. The molecule has 5 heteroatoms. The largest absolute Gasteiger partial charge is 0.475 e. The number of oxazole rings is 1. The Bertz CT molecular complexity index is 379. The van der Waals surface area contributed by atoms with Crippen molar-refractivity contribution in [3.63, 3.8) is 0 Å². The van der Waals surface area contributed by atoms with Gasteiger partial charge in [0.05, 0.1) is 11.8 Å². The van der Waals surface area contributed by atoms with E-state index in [2.05, 4.69) is 4.98 Å². The molecule has 2 rings (SSSR count). The molecule has 0 spiro atoms. The molecule has 1 saturated heterocycles. The molecule has 0 saturated carbocycles. The van der Waals surface area contributed by atoms with Gasteiger partial charge in [-0.1, -0.05) is 0 Å². The van der Waals surface area contributed by atoms with Crippen molar-refractivity contribution in [3.8, 4) is 0 Å². The van der Waals surface area contributed by atoms with Crippen LogP contribution in [0.5, 0.6) is 0 Å². The van der Waals surface area contributed by atoms with Crippen molar-refractivity contribution < 1.29 is 19.1 Å². The van der Waals surface area contributed by atoms with Crippen LogP contribution in [-0.4, -0.2) is 28.8 Å². The monoisotopic (exact) mass is 225 g/mol. The van der Waals surface area contributed by atoms with Crippen LogP contribution in [0.25, 0.3) is 0 Å². The Morgan fingerprint density at radius 2 is 2.44 bits per heavy atom. The van der Waals surface area contributed by atoms with E-state index in [-0.39, 0.29) is 11.9 Å². The molecule has 0 aliphatic carbocycles. The highest BCUT2D eigenvalue weighted by Crippen LogP contribution is 2.18. The van der Waals surface area contributed by atoms with E-state index in [1.54, 1.807) is 6.92 Å². The summed E-state index contributed by atoms with van der Waals surface area (Å²) >= 11 is 0. The average Bonchev–Trinajstić information content (AvgIpc) is 2.83. The smallest absolute Gasteiger partial charge is 0.373 e. The first kappa shape index (κ1) is 11.1. The first-order chi connectivity index (χ1) is 7.66. The Hall–Kier alpha value is -1.36. The lowest BCUT2D eigenvalue weighted by Crippen LogP contribution is -2.06. The van der Waals surface area contributed by atoms with Crippen molar-refractivity contribution in [2.45, 2.75) is 38.7 Å². The number of carboxylic acid groups (broad SMARTS) is 1. The Morgan fingerprint density at radius 1 is 1.62 bits per heavy atom. The standard InChI is InChI=1S/C11H15NO4/c1-7-10(11(13)14)16-9(12-7)5-4-8-3-2-6-15-8/h8H,2-6H2,1H3,(H,13,14). The molecule has 1 atom stereocenters. The fourth-order valence-corrected chi connectivity index (χ4v) is 1.91. The van der Waals surface area contributed by atoms with Gasteiger partial charge in [-0.2, -0.15) is 0 Å². The van der Waals surface area contributed by atoms with Gasteiger partial charge in [-0.3, -0.25) is 0 Å². The Morgan fingerprint density at radius 3 is 3.00 bits per heavy atom. The Labute approximate surface area is 93.4 Å². The zero-order valence-electron chi connectivity index (χ0n) is 9.23. The van der Waals surface area contributed by atoms with Crippen LogP contribution in [0.1, 0.15) is 41.4 Å². The lowest BCUT2D eigenvalue weighted by molar-refractivity contribution is 0.0658. The molecule has 2 heterocycles. The second kappa shape index (κ2) is 4.65. The van der Waals surface area contributed by atoms with Gasteiger partial charge >= 0.3 is 5.97 Å². The van der Waals surface area contributed by atoms with E-state index in [0.717, 1.165) is 25.9 Å². The van der Waals surface area contributed by atoms with Crippen LogP contribution in [0.4, 0.5) is 0 Å². The molecule has 5 nitrogen and oxygen atoms in total. The SMILES string of the molecule is Cc1nc(CCC2CCCO2)oc1C(=O)O. The van der Waals surface area contributed by atoms with Gasteiger partial charge in [0, 0.05) is 13.0 Å². The molecule has 0 radical (unpaired) electrons. The van der Waals surface area contributed by atoms with Gasteiger partial charge in [-0.05, 0) is 26.2 Å². The predicted octanol–water partition coefficient (Wildman–Crippen LogP) is 1.79. The summed E-state index contributed by atoms with van der Waals surface area (Å²) in [5.74, 6) is -0.624. The van der Waals surface area contributed by atoms with Crippen molar-refractivity contribution in [2.75, 3.05) is 6.61 Å². The molecule has 1 aromatic heterocycles. The summed E-state index contributed by atoms with van der Waals surface area (Å²) in [5.41, 5.74) is 0.440.